The lowest BCUT2D eigenvalue weighted by atomic mass is 10.0. The van der Waals surface area contributed by atoms with Crippen molar-refractivity contribution in [3.8, 4) is 0 Å². The Labute approximate surface area is 124 Å². The van der Waals surface area contributed by atoms with Crippen molar-refractivity contribution in [2.75, 3.05) is 6.61 Å². The number of fused-ring (bicyclic) bond motifs is 1. The maximum Gasteiger partial charge on any atom is 0.127 e. The second kappa shape index (κ2) is 5.05. The summed E-state index contributed by atoms with van der Waals surface area (Å²) in [5, 5.41) is -0.104. The number of ether oxygens (including phenoxy) is 1. The molecule has 0 bridgehead atoms. The van der Waals surface area contributed by atoms with Crippen molar-refractivity contribution in [1.82, 2.24) is 9.55 Å². The van der Waals surface area contributed by atoms with Gasteiger partial charge in [-0.2, -0.15) is 0 Å². The molecule has 1 aliphatic heterocycles. The first kappa shape index (κ1) is 13.9. The van der Waals surface area contributed by atoms with Crippen molar-refractivity contribution in [3.05, 3.63) is 29.6 Å². The highest BCUT2D eigenvalue weighted by Gasteiger charge is 2.32. The molecule has 1 aliphatic rings. The number of hydrogen-bond acceptors (Lipinski definition) is 2. The van der Waals surface area contributed by atoms with Crippen LogP contribution in [0.25, 0.3) is 11.0 Å². The Hall–Kier alpha value is -1.06. The molecular formula is C16H21ClN2O. The van der Waals surface area contributed by atoms with Crippen molar-refractivity contribution >= 4 is 22.6 Å². The minimum absolute atomic E-state index is 0.0993. The second-order valence-corrected chi connectivity index (χ2v) is 6.72. The largest absolute Gasteiger partial charge is 0.373 e. The average Bonchev–Trinajstić information content (AvgIpc) is 2.95. The second-order valence-electron chi connectivity index (χ2n) is 6.07. The zero-order valence-corrected chi connectivity index (χ0v) is 13.1. The van der Waals surface area contributed by atoms with E-state index in [2.05, 4.69) is 36.6 Å². The lowest BCUT2D eigenvalue weighted by Crippen LogP contribution is -2.30. The molecule has 108 valence electrons. The summed E-state index contributed by atoms with van der Waals surface area (Å²) in [6.45, 7) is 7.94. The van der Waals surface area contributed by atoms with Crippen molar-refractivity contribution in [1.29, 1.82) is 0 Å². The van der Waals surface area contributed by atoms with Crippen LogP contribution in [0.1, 0.15) is 43.5 Å². The standard InChI is InChI=1S/C16H21ClN2O/c1-11-5-6-13-14(9-11)19(15(18-13)12(2)17)10-16(3)7-4-8-20-16/h5-6,9,12H,4,7-8,10H2,1-3H3. The summed E-state index contributed by atoms with van der Waals surface area (Å²) < 4.78 is 8.18. The number of rotatable bonds is 3. The normalized spacial score (nSPS) is 24.4. The van der Waals surface area contributed by atoms with Crippen LogP contribution in [-0.2, 0) is 11.3 Å². The molecule has 3 nitrogen and oxygen atoms in total. The third-order valence-corrected chi connectivity index (χ3v) is 4.28. The molecule has 0 aliphatic carbocycles. The Morgan fingerprint density at radius 1 is 1.50 bits per heavy atom. The van der Waals surface area contributed by atoms with Crippen LogP contribution in [0.2, 0.25) is 0 Å². The zero-order chi connectivity index (χ0) is 14.3. The lowest BCUT2D eigenvalue weighted by Gasteiger charge is -2.25. The van der Waals surface area contributed by atoms with Gasteiger partial charge in [0, 0.05) is 6.61 Å². The highest BCUT2D eigenvalue weighted by Crippen LogP contribution is 2.32. The summed E-state index contributed by atoms with van der Waals surface area (Å²) in [5.41, 5.74) is 3.31. The predicted molar refractivity (Wildman–Crippen MR) is 82.3 cm³/mol. The van der Waals surface area contributed by atoms with Gasteiger partial charge in [-0.15, -0.1) is 11.6 Å². The van der Waals surface area contributed by atoms with E-state index in [0.29, 0.717) is 0 Å². The molecule has 2 atom stereocenters. The first-order valence-electron chi connectivity index (χ1n) is 7.23. The number of alkyl halides is 1. The molecule has 1 fully saturated rings. The molecule has 1 aromatic carbocycles. The molecule has 3 rings (SSSR count). The quantitative estimate of drug-likeness (QED) is 0.792. The molecule has 2 heterocycles. The molecule has 2 unspecified atom stereocenters. The van der Waals surface area contributed by atoms with Crippen molar-refractivity contribution in [2.24, 2.45) is 0 Å². The molecule has 0 N–H and O–H groups in total. The lowest BCUT2D eigenvalue weighted by molar-refractivity contribution is 0.00649. The smallest absolute Gasteiger partial charge is 0.127 e. The molecule has 4 heteroatoms. The maximum atomic E-state index is 6.33. The van der Waals surface area contributed by atoms with Crippen molar-refractivity contribution < 1.29 is 4.74 Å². The average molecular weight is 293 g/mol. The zero-order valence-electron chi connectivity index (χ0n) is 12.3. The van der Waals surface area contributed by atoms with Gasteiger partial charge in [-0.1, -0.05) is 6.07 Å². The van der Waals surface area contributed by atoms with E-state index in [1.54, 1.807) is 0 Å². The number of aryl methyl sites for hydroxylation is 1. The van der Waals surface area contributed by atoms with E-state index in [0.717, 1.165) is 42.9 Å². The van der Waals surface area contributed by atoms with E-state index < -0.39 is 0 Å². The van der Waals surface area contributed by atoms with Gasteiger partial charge in [0.1, 0.15) is 5.82 Å². The molecule has 1 aromatic heterocycles. The van der Waals surface area contributed by atoms with Crippen LogP contribution in [0.5, 0.6) is 0 Å². The Bertz CT molecular complexity index is 627. The third kappa shape index (κ3) is 2.45. The fourth-order valence-electron chi connectivity index (χ4n) is 3.02. The number of hydrogen-bond donors (Lipinski definition) is 0. The first-order valence-corrected chi connectivity index (χ1v) is 7.67. The van der Waals surface area contributed by atoms with Crippen LogP contribution in [-0.4, -0.2) is 21.8 Å². The number of nitrogens with zero attached hydrogens (tertiary/aromatic N) is 2. The molecular weight excluding hydrogens is 272 g/mol. The number of benzene rings is 1. The Morgan fingerprint density at radius 3 is 2.95 bits per heavy atom. The van der Waals surface area contributed by atoms with E-state index in [1.807, 2.05) is 6.92 Å². The van der Waals surface area contributed by atoms with Crippen LogP contribution in [0.4, 0.5) is 0 Å². The van der Waals surface area contributed by atoms with Gasteiger partial charge >= 0.3 is 0 Å². The van der Waals surface area contributed by atoms with Gasteiger partial charge in [-0.3, -0.25) is 0 Å². The summed E-state index contributed by atoms with van der Waals surface area (Å²) in [7, 11) is 0. The Balaban J connectivity index is 2.10. The van der Waals surface area contributed by atoms with Gasteiger partial charge in [-0.05, 0) is 51.3 Å². The molecule has 0 saturated carbocycles. The molecule has 1 saturated heterocycles. The maximum absolute atomic E-state index is 6.33. The third-order valence-electron chi connectivity index (χ3n) is 4.08. The van der Waals surface area contributed by atoms with Crippen LogP contribution in [0.15, 0.2) is 18.2 Å². The summed E-state index contributed by atoms with van der Waals surface area (Å²) in [6, 6.07) is 6.35. The van der Waals surface area contributed by atoms with Crippen LogP contribution in [0.3, 0.4) is 0 Å². The molecule has 2 aromatic rings. The Kier molecular flexibility index (Phi) is 3.51. The summed E-state index contributed by atoms with van der Waals surface area (Å²) in [6.07, 6.45) is 2.22. The number of halogens is 1. The highest BCUT2D eigenvalue weighted by molar-refractivity contribution is 6.20. The molecule has 20 heavy (non-hydrogen) atoms. The van der Waals surface area contributed by atoms with E-state index in [-0.39, 0.29) is 11.0 Å². The molecule has 0 spiro atoms. The summed E-state index contributed by atoms with van der Waals surface area (Å²) in [5.74, 6) is 0.934. The SMILES string of the molecule is Cc1ccc2nc(C(C)Cl)n(CC3(C)CCCO3)c2c1. The minimum Gasteiger partial charge on any atom is -0.373 e. The van der Waals surface area contributed by atoms with Gasteiger partial charge < -0.3 is 9.30 Å². The van der Waals surface area contributed by atoms with Crippen molar-refractivity contribution in [3.63, 3.8) is 0 Å². The van der Waals surface area contributed by atoms with Gasteiger partial charge in [0.05, 0.1) is 28.6 Å². The van der Waals surface area contributed by atoms with E-state index in [9.17, 15) is 0 Å². The first-order chi connectivity index (χ1) is 9.48. The molecule has 0 radical (unpaired) electrons. The topological polar surface area (TPSA) is 27.1 Å². The Morgan fingerprint density at radius 2 is 2.30 bits per heavy atom. The monoisotopic (exact) mass is 292 g/mol. The van der Waals surface area contributed by atoms with E-state index in [4.69, 9.17) is 21.3 Å². The summed E-state index contributed by atoms with van der Waals surface area (Å²) >= 11 is 6.33. The van der Waals surface area contributed by atoms with E-state index in [1.165, 1.54) is 5.56 Å². The molecule has 0 amide bonds. The number of imidazole rings is 1. The minimum atomic E-state index is -0.104. The van der Waals surface area contributed by atoms with Gasteiger partial charge in [0.2, 0.25) is 0 Å². The fourth-order valence-corrected chi connectivity index (χ4v) is 3.18. The van der Waals surface area contributed by atoms with Crippen LogP contribution < -0.4 is 0 Å². The predicted octanol–water partition coefficient (Wildman–Crippen LogP) is 4.21. The van der Waals surface area contributed by atoms with Crippen LogP contribution >= 0.6 is 11.6 Å². The van der Waals surface area contributed by atoms with Crippen molar-refractivity contribution in [2.45, 2.75) is 51.1 Å². The fraction of sp³-hybridized carbons (Fsp3) is 0.562. The van der Waals surface area contributed by atoms with Gasteiger partial charge in [-0.25, -0.2) is 4.98 Å². The van der Waals surface area contributed by atoms with Crippen LogP contribution in [0, 0.1) is 6.92 Å². The number of aromatic nitrogens is 2. The summed E-state index contributed by atoms with van der Waals surface area (Å²) in [4.78, 5) is 4.70. The van der Waals surface area contributed by atoms with E-state index >= 15 is 0 Å². The highest BCUT2D eigenvalue weighted by atomic mass is 35.5. The van der Waals surface area contributed by atoms with Gasteiger partial charge in [0.15, 0.2) is 0 Å². The van der Waals surface area contributed by atoms with Gasteiger partial charge in [0.25, 0.3) is 0 Å².